The van der Waals surface area contributed by atoms with E-state index in [1.54, 1.807) is 0 Å². The van der Waals surface area contributed by atoms with Crippen molar-refractivity contribution in [1.82, 2.24) is 4.98 Å². The average Bonchev–Trinajstić information content (AvgIpc) is 2.22. The standard InChI is InChI=1S/C13H15NO/c1-8-4-5-9(2)13-12(8)11(7-15)6-10(3)14-13/h4-6,15H,7H2,1-3H3. The van der Waals surface area contributed by atoms with Gasteiger partial charge < -0.3 is 5.11 Å². The fraction of sp³-hybridized carbons (Fsp3) is 0.308. The van der Waals surface area contributed by atoms with E-state index in [2.05, 4.69) is 31.0 Å². The largest absolute Gasteiger partial charge is 0.392 e. The summed E-state index contributed by atoms with van der Waals surface area (Å²) < 4.78 is 0. The van der Waals surface area contributed by atoms with Crippen molar-refractivity contribution in [2.24, 2.45) is 0 Å². The van der Waals surface area contributed by atoms with Crippen LogP contribution in [0.25, 0.3) is 10.9 Å². The van der Waals surface area contributed by atoms with Gasteiger partial charge in [-0.2, -0.15) is 0 Å². The quantitative estimate of drug-likeness (QED) is 0.769. The Balaban J connectivity index is 2.95. The van der Waals surface area contributed by atoms with Gasteiger partial charge in [0.05, 0.1) is 12.1 Å². The van der Waals surface area contributed by atoms with Crippen molar-refractivity contribution >= 4 is 10.9 Å². The summed E-state index contributed by atoms with van der Waals surface area (Å²) in [5.74, 6) is 0. The Morgan fingerprint density at radius 1 is 1.13 bits per heavy atom. The SMILES string of the molecule is Cc1cc(CO)c2c(C)ccc(C)c2n1. The van der Waals surface area contributed by atoms with Crippen LogP contribution in [-0.2, 0) is 6.61 Å². The molecule has 2 rings (SSSR count). The van der Waals surface area contributed by atoms with E-state index in [1.165, 1.54) is 5.56 Å². The number of aliphatic hydroxyl groups is 1. The lowest BCUT2D eigenvalue weighted by Crippen LogP contribution is -1.95. The van der Waals surface area contributed by atoms with Crippen molar-refractivity contribution in [3.8, 4) is 0 Å². The van der Waals surface area contributed by atoms with Gasteiger partial charge in [-0.15, -0.1) is 0 Å². The molecular formula is C13H15NO. The van der Waals surface area contributed by atoms with Gasteiger partial charge in [-0.05, 0) is 43.5 Å². The van der Waals surface area contributed by atoms with Crippen molar-refractivity contribution < 1.29 is 5.11 Å². The molecule has 2 heteroatoms. The Morgan fingerprint density at radius 2 is 1.80 bits per heavy atom. The van der Waals surface area contributed by atoms with Gasteiger partial charge in [0.25, 0.3) is 0 Å². The third kappa shape index (κ3) is 1.61. The summed E-state index contributed by atoms with van der Waals surface area (Å²) in [6.07, 6.45) is 0. The van der Waals surface area contributed by atoms with Crippen molar-refractivity contribution in [1.29, 1.82) is 0 Å². The van der Waals surface area contributed by atoms with Gasteiger partial charge in [0.2, 0.25) is 0 Å². The zero-order chi connectivity index (χ0) is 11.0. The maximum atomic E-state index is 9.35. The molecular weight excluding hydrogens is 186 g/mol. The van der Waals surface area contributed by atoms with Crippen LogP contribution in [-0.4, -0.2) is 10.1 Å². The lowest BCUT2D eigenvalue weighted by atomic mass is 10.0. The molecule has 0 saturated heterocycles. The highest BCUT2D eigenvalue weighted by Crippen LogP contribution is 2.24. The summed E-state index contributed by atoms with van der Waals surface area (Å²) in [7, 11) is 0. The fourth-order valence-corrected chi connectivity index (χ4v) is 2.00. The minimum absolute atomic E-state index is 0.0736. The van der Waals surface area contributed by atoms with Gasteiger partial charge in [0.15, 0.2) is 0 Å². The predicted molar refractivity (Wildman–Crippen MR) is 61.9 cm³/mol. The van der Waals surface area contributed by atoms with Crippen LogP contribution in [0.2, 0.25) is 0 Å². The molecule has 0 saturated carbocycles. The second-order valence-corrected chi connectivity index (χ2v) is 4.00. The number of aliphatic hydroxyl groups excluding tert-OH is 1. The Labute approximate surface area is 89.6 Å². The summed E-state index contributed by atoms with van der Waals surface area (Å²) in [5.41, 5.74) is 5.28. The number of pyridine rings is 1. The van der Waals surface area contributed by atoms with Gasteiger partial charge in [-0.1, -0.05) is 12.1 Å². The molecule has 1 heterocycles. The van der Waals surface area contributed by atoms with Crippen LogP contribution in [0.1, 0.15) is 22.4 Å². The zero-order valence-electron chi connectivity index (χ0n) is 9.33. The van der Waals surface area contributed by atoms with Crippen LogP contribution in [0.3, 0.4) is 0 Å². The number of fused-ring (bicyclic) bond motifs is 1. The molecule has 78 valence electrons. The van der Waals surface area contributed by atoms with Crippen LogP contribution in [0, 0.1) is 20.8 Å². The molecule has 0 aliphatic rings. The third-order valence-corrected chi connectivity index (χ3v) is 2.75. The highest BCUT2D eigenvalue weighted by atomic mass is 16.3. The Morgan fingerprint density at radius 3 is 2.47 bits per heavy atom. The number of rotatable bonds is 1. The molecule has 0 aliphatic carbocycles. The van der Waals surface area contributed by atoms with Crippen LogP contribution in [0.4, 0.5) is 0 Å². The smallest absolute Gasteiger partial charge is 0.0740 e. The molecule has 2 aromatic rings. The first kappa shape index (κ1) is 10.1. The van der Waals surface area contributed by atoms with Crippen LogP contribution in [0.5, 0.6) is 0 Å². The molecule has 0 atom stereocenters. The molecule has 0 radical (unpaired) electrons. The Hall–Kier alpha value is -1.41. The molecule has 0 bridgehead atoms. The first-order chi connectivity index (χ1) is 7.13. The van der Waals surface area contributed by atoms with Crippen molar-refractivity contribution in [2.75, 3.05) is 0 Å². The first-order valence-electron chi connectivity index (χ1n) is 5.11. The Bertz CT molecular complexity index is 517. The van der Waals surface area contributed by atoms with Crippen LogP contribution in [0.15, 0.2) is 18.2 Å². The van der Waals surface area contributed by atoms with E-state index in [0.29, 0.717) is 0 Å². The number of hydrogen-bond acceptors (Lipinski definition) is 2. The van der Waals surface area contributed by atoms with E-state index >= 15 is 0 Å². The molecule has 0 spiro atoms. The number of nitrogens with zero attached hydrogens (tertiary/aromatic N) is 1. The highest BCUT2D eigenvalue weighted by molar-refractivity contribution is 5.88. The van der Waals surface area contributed by atoms with Crippen LogP contribution >= 0.6 is 0 Å². The second kappa shape index (κ2) is 3.63. The maximum Gasteiger partial charge on any atom is 0.0740 e. The number of aromatic nitrogens is 1. The van der Waals surface area contributed by atoms with E-state index in [0.717, 1.165) is 27.7 Å². The van der Waals surface area contributed by atoms with Crippen molar-refractivity contribution in [3.63, 3.8) is 0 Å². The van der Waals surface area contributed by atoms with E-state index in [4.69, 9.17) is 0 Å². The molecule has 1 N–H and O–H groups in total. The normalized spacial score (nSPS) is 10.9. The number of aryl methyl sites for hydroxylation is 3. The molecule has 2 nitrogen and oxygen atoms in total. The molecule has 15 heavy (non-hydrogen) atoms. The highest BCUT2D eigenvalue weighted by Gasteiger charge is 2.07. The molecule has 0 aliphatic heterocycles. The topological polar surface area (TPSA) is 33.1 Å². The Kier molecular flexibility index (Phi) is 2.45. The van der Waals surface area contributed by atoms with E-state index in [1.807, 2.05) is 13.0 Å². The molecule has 0 amide bonds. The summed E-state index contributed by atoms with van der Waals surface area (Å²) in [6.45, 7) is 6.14. The van der Waals surface area contributed by atoms with Gasteiger partial charge in [0.1, 0.15) is 0 Å². The molecule has 0 fully saturated rings. The zero-order valence-corrected chi connectivity index (χ0v) is 9.33. The second-order valence-electron chi connectivity index (χ2n) is 4.00. The summed E-state index contributed by atoms with van der Waals surface area (Å²) in [5, 5.41) is 10.4. The summed E-state index contributed by atoms with van der Waals surface area (Å²) in [6, 6.07) is 6.11. The monoisotopic (exact) mass is 201 g/mol. The van der Waals surface area contributed by atoms with E-state index in [9.17, 15) is 5.11 Å². The maximum absolute atomic E-state index is 9.35. The molecule has 0 unspecified atom stereocenters. The minimum Gasteiger partial charge on any atom is -0.392 e. The van der Waals surface area contributed by atoms with Gasteiger partial charge >= 0.3 is 0 Å². The fourth-order valence-electron chi connectivity index (χ4n) is 2.00. The lowest BCUT2D eigenvalue weighted by Gasteiger charge is -2.10. The summed E-state index contributed by atoms with van der Waals surface area (Å²) in [4.78, 5) is 4.53. The lowest BCUT2D eigenvalue weighted by molar-refractivity contribution is 0.283. The van der Waals surface area contributed by atoms with Gasteiger partial charge in [-0.25, -0.2) is 0 Å². The van der Waals surface area contributed by atoms with Gasteiger partial charge in [-0.3, -0.25) is 4.98 Å². The van der Waals surface area contributed by atoms with Crippen LogP contribution < -0.4 is 0 Å². The van der Waals surface area contributed by atoms with E-state index < -0.39 is 0 Å². The van der Waals surface area contributed by atoms with Gasteiger partial charge in [0, 0.05) is 11.1 Å². The number of hydrogen-bond donors (Lipinski definition) is 1. The molecule has 1 aromatic heterocycles. The average molecular weight is 201 g/mol. The number of benzene rings is 1. The third-order valence-electron chi connectivity index (χ3n) is 2.75. The van der Waals surface area contributed by atoms with E-state index in [-0.39, 0.29) is 6.61 Å². The molecule has 1 aromatic carbocycles. The first-order valence-corrected chi connectivity index (χ1v) is 5.11. The van der Waals surface area contributed by atoms with Crippen molar-refractivity contribution in [3.05, 3.63) is 40.6 Å². The predicted octanol–water partition coefficient (Wildman–Crippen LogP) is 2.65. The summed E-state index contributed by atoms with van der Waals surface area (Å²) >= 11 is 0. The minimum atomic E-state index is 0.0736. The van der Waals surface area contributed by atoms with Crippen molar-refractivity contribution in [2.45, 2.75) is 27.4 Å².